The topological polar surface area (TPSA) is 111 Å². The van der Waals surface area contributed by atoms with E-state index in [0.29, 0.717) is 33.0 Å². The molecule has 3 rings (SSSR count). The lowest BCUT2D eigenvalue weighted by molar-refractivity contribution is -0.128. The Balaban J connectivity index is 1.68. The van der Waals surface area contributed by atoms with E-state index in [4.69, 9.17) is 29.0 Å². The summed E-state index contributed by atoms with van der Waals surface area (Å²) >= 11 is 13.3. The van der Waals surface area contributed by atoms with E-state index in [1.165, 1.54) is 9.58 Å². The van der Waals surface area contributed by atoms with Crippen molar-refractivity contribution in [1.82, 2.24) is 19.8 Å². The average molecular weight is 450 g/mol. The molecule has 2 heterocycles. The van der Waals surface area contributed by atoms with Crippen molar-refractivity contribution in [3.05, 3.63) is 28.2 Å². The molecule has 12 heteroatoms. The van der Waals surface area contributed by atoms with Gasteiger partial charge in [-0.1, -0.05) is 35.0 Å². The monoisotopic (exact) mass is 449 g/mol. The third-order valence-electron chi connectivity index (χ3n) is 4.31. The molecule has 1 unspecified atom stereocenters. The Labute approximate surface area is 170 Å². The lowest BCUT2D eigenvalue weighted by Gasteiger charge is -2.23. The van der Waals surface area contributed by atoms with E-state index in [-0.39, 0.29) is 29.2 Å². The molecule has 1 aromatic carbocycles. The summed E-state index contributed by atoms with van der Waals surface area (Å²) in [6.45, 7) is 0. The number of amides is 1. The number of aromatic nitrogens is 3. The molecule has 1 aliphatic rings. The molecular weight excluding hydrogens is 433 g/mol. The number of halogens is 2. The van der Waals surface area contributed by atoms with Crippen LogP contribution in [0.25, 0.3) is 11.4 Å². The zero-order valence-corrected chi connectivity index (χ0v) is 17.4. The van der Waals surface area contributed by atoms with E-state index in [0.717, 1.165) is 11.8 Å². The van der Waals surface area contributed by atoms with Crippen LogP contribution in [0.2, 0.25) is 10.0 Å². The summed E-state index contributed by atoms with van der Waals surface area (Å²) in [4.78, 5) is 13.9. The molecule has 2 aromatic rings. The van der Waals surface area contributed by atoms with Gasteiger partial charge in [-0.3, -0.25) is 4.79 Å². The van der Waals surface area contributed by atoms with Gasteiger partial charge in [-0.05, 0) is 24.6 Å². The fourth-order valence-corrected chi connectivity index (χ4v) is 5.67. The van der Waals surface area contributed by atoms with Crippen LogP contribution in [0.4, 0.5) is 0 Å². The van der Waals surface area contributed by atoms with Gasteiger partial charge in [0.05, 0.1) is 22.3 Å². The minimum atomic E-state index is -3.05. The molecule has 0 spiro atoms. The van der Waals surface area contributed by atoms with Gasteiger partial charge in [0.1, 0.15) is 0 Å². The van der Waals surface area contributed by atoms with Crippen molar-refractivity contribution in [1.29, 1.82) is 0 Å². The highest BCUT2D eigenvalue weighted by atomic mass is 35.5. The minimum Gasteiger partial charge on any atom is -0.341 e. The number of rotatable bonds is 5. The van der Waals surface area contributed by atoms with Gasteiger partial charge >= 0.3 is 0 Å². The third kappa shape index (κ3) is 4.50. The molecule has 1 saturated heterocycles. The van der Waals surface area contributed by atoms with Crippen LogP contribution in [-0.4, -0.2) is 64.4 Å². The maximum absolute atomic E-state index is 12.4. The molecule has 1 aromatic heterocycles. The molecular formula is C15H17Cl2N5O3S2. The zero-order chi connectivity index (χ0) is 19.8. The Hall–Kier alpha value is -1.49. The highest BCUT2D eigenvalue weighted by Gasteiger charge is 2.32. The molecule has 0 aliphatic carbocycles. The number of thioether (sulfide) groups is 1. The standard InChI is InChI=1S/C15H17Cl2N5O3S2/c1-21(10-4-5-27(24,25)8-10)13(23)7-26-15-20-19-14(22(15)18)11-6-9(16)2-3-12(11)17/h2-3,6,10H,4-5,7-8,18H2,1H3. The Morgan fingerprint density at radius 3 is 2.81 bits per heavy atom. The van der Waals surface area contributed by atoms with E-state index in [2.05, 4.69) is 10.2 Å². The summed E-state index contributed by atoms with van der Waals surface area (Å²) in [5.41, 5.74) is 0.533. The van der Waals surface area contributed by atoms with Gasteiger partial charge in [-0.15, -0.1) is 10.2 Å². The van der Waals surface area contributed by atoms with Crippen molar-refractivity contribution in [3.63, 3.8) is 0 Å². The number of nitrogens with zero attached hydrogens (tertiary/aromatic N) is 4. The lowest BCUT2D eigenvalue weighted by Crippen LogP contribution is -2.38. The first-order chi connectivity index (χ1) is 12.7. The van der Waals surface area contributed by atoms with Crippen LogP contribution in [0.1, 0.15) is 6.42 Å². The van der Waals surface area contributed by atoms with Gasteiger partial charge in [0, 0.05) is 23.7 Å². The maximum atomic E-state index is 12.4. The lowest BCUT2D eigenvalue weighted by atomic mass is 10.2. The molecule has 8 nitrogen and oxygen atoms in total. The number of carbonyl (C=O) groups excluding carboxylic acids is 1. The van der Waals surface area contributed by atoms with E-state index in [1.54, 1.807) is 25.2 Å². The number of sulfone groups is 1. The number of carbonyl (C=O) groups is 1. The van der Waals surface area contributed by atoms with Crippen LogP contribution >= 0.6 is 35.0 Å². The van der Waals surface area contributed by atoms with Gasteiger partial charge in [0.2, 0.25) is 11.1 Å². The van der Waals surface area contributed by atoms with Crippen molar-refractivity contribution in [2.75, 3.05) is 30.1 Å². The van der Waals surface area contributed by atoms with E-state index < -0.39 is 9.84 Å². The Morgan fingerprint density at radius 1 is 1.41 bits per heavy atom. The number of benzene rings is 1. The molecule has 1 amide bonds. The Bertz CT molecular complexity index is 980. The normalized spacial score (nSPS) is 18.6. The van der Waals surface area contributed by atoms with Gasteiger partial charge in [0.15, 0.2) is 15.7 Å². The molecule has 0 bridgehead atoms. The van der Waals surface area contributed by atoms with Crippen LogP contribution in [0, 0.1) is 0 Å². The second kappa shape index (κ2) is 7.86. The minimum absolute atomic E-state index is 0.00436. The second-order valence-corrected chi connectivity index (χ2v) is 10.2. The molecule has 1 atom stereocenters. The third-order valence-corrected chi connectivity index (χ3v) is 7.55. The molecule has 146 valence electrons. The Kier molecular flexibility index (Phi) is 5.90. The summed E-state index contributed by atoms with van der Waals surface area (Å²) in [7, 11) is -1.44. The second-order valence-electron chi connectivity index (χ2n) is 6.15. The SMILES string of the molecule is CN(C(=O)CSc1nnc(-c2cc(Cl)ccc2Cl)n1N)C1CCS(=O)(=O)C1. The first-order valence-electron chi connectivity index (χ1n) is 7.93. The predicted octanol–water partition coefficient (Wildman–Crippen LogP) is 1.70. The summed E-state index contributed by atoms with van der Waals surface area (Å²) in [5, 5.41) is 9.27. The summed E-state index contributed by atoms with van der Waals surface area (Å²) in [5.74, 6) is 6.34. The number of hydrogen-bond acceptors (Lipinski definition) is 7. The van der Waals surface area contributed by atoms with Crippen LogP contribution in [0.5, 0.6) is 0 Å². The molecule has 1 fully saturated rings. The van der Waals surface area contributed by atoms with Crippen molar-refractivity contribution < 1.29 is 13.2 Å². The number of hydrogen-bond donors (Lipinski definition) is 1. The van der Waals surface area contributed by atoms with Crippen LogP contribution < -0.4 is 5.84 Å². The maximum Gasteiger partial charge on any atom is 0.233 e. The molecule has 0 saturated carbocycles. The van der Waals surface area contributed by atoms with E-state index >= 15 is 0 Å². The van der Waals surface area contributed by atoms with Gasteiger partial charge < -0.3 is 10.7 Å². The van der Waals surface area contributed by atoms with Crippen LogP contribution in [0.15, 0.2) is 23.4 Å². The zero-order valence-electron chi connectivity index (χ0n) is 14.3. The summed E-state index contributed by atoms with van der Waals surface area (Å²) in [6, 6.07) is 4.62. The largest absolute Gasteiger partial charge is 0.341 e. The van der Waals surface area contributed by atoms with Crippen LogP contribution in [0.3, 0.4) is 0 Å². The summed E-state index contributed by atoms with van der Waals surface area (Å²) in [6.07, 6.45) is 0.458. The highest BCUT2D eigenvalue weighted by Crippen LogP contribution is 2.30. The molecule has 2 N–H and O–H groups in total. The molecule has 0 radical (unpaired) electrons. The van der Waals surface area contributed by atoms with Gasteiger partial charge in [0.25, 0.3) is 0 Å². The average Bonchev–Trinajstić information content (AvgIpc) is 3.16. The first-order valence-corrected chi connectivity index (χ1v) is 11.5. The van der Waals surface area contributed by atoms with E-state index in [9.17, 15) is 13.2 Å². The van der Waals surface area contributed by atoms with E-state index in [1.807, 2.05) is 0 Å². The summed E-state index contributed by atoms with van der Waals surface area (Å²) < 4.78 is 24.4. The Morgan fingerprint density at radius 2 is 2.15 bits per heavy atom. The van der Waals surface area contributed by atoms with Crippen molar-refractivity contribution in [2.24, 2.45) is 0 Å². The quantitative estimate of drug-likeness (QED) is 0.545. The fraction of sp³-hybridized carbons (Fsp3) is 0.400. The van der Waals surface area contributed by atoms with Crippen molar-refractivity contribution >= 4 is 50.7 Å². The van der Waals surface area contributed by atoms with Crippen molar-refractivity contribution in [3.8, 4) is 11.4 Å². The smallest absolute Gasteiger partial charge is 0.233 e. The van der Waals surface area contributed by atoms with Gasteiger partial charge in [-0.2, -0.15) is 0 Å². The fourth-order valence-electron chi connectivity index (χ4n) is 2.74. The first kappa shape index (κ1) is 20.2. The predicted molar refractivity (Wildman–Crippen MR) is 106 cm³/mol. The van der Waals surface area contributed by atoms with Crippen LogP contribution in [-0.2, 0) is 14.6 Å². The highest BCUT2D eigenvalue weighted by molar-refractivity contribution is 7.99. The number of nitrogens with two attached hydrogens (primary N) is 1. The number of nitrogen functional groups attached to an aromatic ring is 1. The molecule has 1 aliphatic heterocycles. The van der Waals surface area contributed by atoms with Gasteiger partial charge in [-0.25, -0.2) is 13.1 Å². The molecule has 27 heavy (non-hydrogen) atoms. The van der Waals surface area contributed by atoms with Crippen molar-refractivity contribution in [2.45, 2.75) is 17.6 Å².